The van der Waals surface area contributed by atoms with Gasteiger partial charge in [-0.3, -0.25) is 4.79 Å². The van der Waals surface area contributed by atoms with E-state index in [0.29, 0.717) is 6.54 Å². The molecule has 1 heterocycles. The van der Waals surface area contributed by atoms with Crippen LogP contribution in [0.2, 0.25) is 0 Å². The Bertz CT molecular complexity index is 311. The summed E-state index contributed by atoms with van der Waals surface area (Å²) in [7, 11) is 0. The van der Waals surface area contributed by atoms with Crippen LogP contribution in [-0.4, -0.2) is 23.7 Å². The largest absolute Gasteiger partial charge is 0.391 e. The smallest absolute Gasteiger partial charge is 0.228 e. The molecule has 0 fully saturated rings. The average molecular weight is 241 g/mol. The van der Waals surface area contributed by atoms with Gasteiger partial charge in [0.25, 0.3) is 0 Å². The predicted octanol–water partition coefficient (Wildman–Crippen LogP) is 2.13. The standard InChI is InChI=1S/C12H19NO2S/c1-3-5-10(14)8-13-12(15)9(2)11-6-4-7-16-11/h4,6-7,9-10,14H,3,5,8H2,1-2H3,(H,13,15). The van der Waals surface area contributed by atoms with E-state index < -0.39 is 6.10 Å². The highest BCUT2D eigenvalue weighted by Crippen LogP contribution is 2.20. The Kier molecular flexibility index (Phi) is 5.49. The van der Waals surface area contributed by atoms with Crippen LogP contribution in [0.15, 0.2) is 17.5 Å². The third kappa shape index (κ3) is 3.94. The van der Waals surface area contributed by atoms with Crippen LogP contribution in [-0.2, 0) is 4.79 Å². The first-order valence-corrected chi connectivity index (χ1v) is 6.52. The van der Waals surface area contributed by atoms with Crippen LogP contribution in [0.5, 0.6) is 0 Å². The van der Waals surface area contributed by atoms with Crippen LogP contribution in [0, 0.1) is 0 Å². The van der Waals surface area contributed by atoms with E-state index in [1.165, 1.54) is 0 Å². The number of aliphatic hydroxyl groups excluding tert-OH is 1. The van der Waals surface area contributed by atoms with Crippen LogP contribution in [0.25, 0.3) is 0 Å². The van der Waals surface area contributed by atoms with E-state index in [1.54, 1.807) is 11.3 Å². The minimum Gasteiger partial charge on any atom is -0.391 e. The van der Waals surface area contributed by atoms with Gasteiger partial charge >= 0.3 is 0 Å². The maximum atomic E-state index is 11.7. The molecule has 0 radical (unpaired) electrons. The molecule has 1 amide bonds. The SMILES string of the molecule is CCCC(O)CNC(=O)C(C)c1cccs1. The molecule has 1 rings (SSSR count). The van der Waals surface area contributed by atoms with Crippen molar-refractivity contribution in [2.75, 3.05) is 6.54 Å². The van der Waals surface area contributed by atoms with Gasteiger partial charge in [-0.2, -0.15) is 0 Å². The third-order valence-corrected chi connectivity index (χ3v) is 3.55. The molecule has 0 aromatic carbocycles. The number of nitrogens with one attached hydrogen (secondary N) is 1. The first kappa shape index (κ1) is 13.2. The zero-order chi connectivity index (χ0) is 12.0. The lowest BCUT2D eigenvalue weighted by molar-refractivity contribution is -0.122. The molecule has 0 saturated heterocycles. The van der Waals surface area contributed by atoms with Gasteiger partial charge in [0.15, 0.2) is 0 Å². The van der Waals surface area contributed by atoms with Crippen molar-refractivity contribution in [3.05, 3.63) is 22.4 Å². The highest BCUT2D eigenvalue weighted by molar-refractivity contribution is 7.10. The summed E-state index contributed by atoms with van der Waals surface area (Å²) in [6, 6.07) is 3.90. The Balaban J connectivity index is 2.35. The molecular weight excluding hydrogens is 222 g/mol. The number of rotatable bonds is 6. The lowest BCUT2D eigenvalue weighted by atomic mass is 10.1. The summed E-state index contributed by atoms with van der Waals surface area (Å²) in [5.41, 5.74) is 0. The van der Waals surface area contributed by atoms with E-state index in [-0.39, 0.29) is 11.8 Å². The van der Waals surface area contributed by atoms with Gasteiger partial charge in [0.05, 0.1) is 12.0 Å². The lowest BCUT2D eigenvalue weighted by Crippen LogP contribution is -2.34. The van der Waals surface area contributed by atoms with E-state index in [1.807, 2.05) is 31.4 Å². The first-order valence-electron chi connectivity index (χ1n) is 5.64. The topological polar surface area (TPSA) is 49.3 Å². The third-order valence-electron chi connectivity index (χ3n) is 2.50. The van der Waals surface area contributed by atoms with E-state index in [0.717, 1.165) is 17.7 Å². The molecule has 0 saturated carbocycles. The van der Waals surface area contributed by atoms with Crippen molar-refractivity contribution in [1.29, 1.82) is 0 Å². The molecule has 0 aliphatic carbocycles. The quantitative estimate of drug-likeness (QED) is 0.801. The number of carbonyl (C=O) groups excluding carboxylic acids is 1. The molecule has 0 aliphatic rings. The summed E-state index contributed by atoms with van der Waals surface area (Å²) in [4.78, 5) is 12.8. The van der Waals surface area contributed by atoms with Crippen molar-refractivity contribution in [2.45, 2.75) is 38.7 Å². The first-order chi connectivity index (χ1) is 7.65. The molecule has 0 bridgehead atoms. The molecule has 4 heteroatoms. The number of amides is 1. The van der Waals surface area contributed by atoms with E-state index >= 15 is 0 Å². The Morgan fingerprint density at radius 3 is 2.94 bits per heavy atom. The van der Waals surface area contributed by atoms with E-state index in [2.05, 4.69) is 5.32 Å². The molecule has 2 atom stereocenters. The highest BCUT2D eigenvalue weighted by Gasteiger charge is 2.16. The Labute approximate surface area is 100 Å². The summed E-state index contributed by atoms with van der Waals surface area (Å²) in [6.07, 6.45) is 1.23. The normalized spacial score (nSPS) is 14.4. The summed E-state index contributed by atoms with van der Waals surface area (Å²) in [5, 5.41) is 14.2. The fourth-order valence-corrected chi connectivity index (χ4v) is 2.26. The molecule has 1 aromatic rings. The maximum absolute atomic E-state index is 11.7. The van der Waals surface area contributed by atoms with Crippen molar-refractivity contribution in [3.63, 3.8) is 0 Å². The molecule has 0 aliphatic heterocycles. The molecule has 2 N–H and O–H groups in total. The van der Waals surface area contributed by atoms with Crippen molar-refractivity contribution in [2.24, 2.45) is 0 Å². The molecule has 3 nitrogen and oxygen atoms in total. The molecule has 2 unspecified atom stereocenters. The monoisotopic (exact) mass is 241 g/mol. The number of carbonyl (C=O) groups is 1. The van der Waals surface area contributed by atoms with Crippen LogP contribution in [0.3, 0.4) is 0 Å². The van der Waals surface area contributed by atoms with Gasteiger partial charge < -0.3 is 10.4 Å². The van der Waals surface area contributed by atoms with Gasteiger partial charge in [-0.15, -0.1) is 11.3 Å². The Morgan fingerprint density at radius 1 is 1.62 bits per heavy atom. The summed E-state index contributed by atoms with van der Waals surface area (Å²) < 4.78 is 0. The summed E-state index contributed by atoms with van der Waals surface area (Å²) in [5.74, 6) is -0.147. The molecule has 16 heavy (non-hydrogen) atoms. The molecule has 90 valence electrons. The van der Waals surface area contributed by atoms with Gasteiger partial charge in [-0.05, 0) is 24.8 Å². The van der Waals surface area contributed by atoms with Gasteiger partial charge in [0.2, 0.25) is 5.91 Å². The van der Waals surface area contributed by atoms with Gasteiger partial charge in [0, 0.05) is 11.4 Å². The Hall–Kier alpha value is -0.870. The zero-order valence-corrected chi connectivity index (χ0v) is 10.6. The fraction of sp³-hybridized carbons (Fsp3) is 0.583. The average Bonchev–Trinajstić information content (AvgIpc) is 2.78. The molecular formula is C12H19NO2S. The van der Waals surface area contributed by atoms with Crippen molar-refractivity contribution in [3.8, 4) is 0 Å². The van der Waals surface area contributed by atoms with Gasteiger partial charge in [-0.25, -0.2) is 0 Å². The maximum Gasteiger partial charge on any atom is 0.228 e. The number of aliphatic hydroxyl groups is 1. The van der Waals surface area contributed by atoms with Crippen LogP contribution in [0.1, 0.15) is 37.5 Å². The number of hydrogen-bond acceptors (Lipinski definition) is 3. The molecule has 0 spiro atoms. The number of hydrogen-bond donors (Lipinski definition) is 2. The second-order valence-electron chi connectivity index (χ2n) is 3.92. The fourth-order valence-electron chi connectivity index (χ4n) is 1.47. The van der Waals surface area contributed by atoms with E-state index in [9.17, 15) is 9.90 Å². The van der Waals surface area contributed by atoms with Crippen LogP contribution < -0.4 is 5.32 Å². The van der Waals surface area contributed by atoms with Crippen LogP contribution >= 0.6 is 11.3 Å². The van der Waals surface area contributed by atoms with Crippen molar-refractivity contribution in [1.82, 2.24) is 5.32 Å². The minimum atomic E-state index is -0.426. The lowest BCUT2D eigenvalue weighted by Gasteiger charge is -2.13. The summed E-state index contributed by atoms with van der Waals surface area (Å²) in [6.45, 7) is 4.25. The predicted molar refractivity (Wildman–Crippen MR) is 66.7 cm³/mol. The summed E-state index contributed by atoms with van der Waals surface area (Å²) >= 11 is 1.58. The zero-order valence-electron chi connectivity index (χ0n) is 9.77. The van der Waals surface area contributed by atoms with Crippen LogP contribution in [0.4, 0.5) is 0 Å². The van der Waals surface area contributed by atoms with Crippen molar-refractivity contribution < 1.29 is 9.90 Å². The highest BCUT2D eigenvalue weighted by atomic mass is 32.1. The minimum absolute atomic E-state index is 0.0161. The second kappa shape index (κ2) is 6.66. The number of thiophene rings is 1. The van der Waals surface area contributed by atoms with Crippen molar-refractivity contribution >= 4 is 17.2 Å². The van der Waals surface area contributed by atoms with Gasteiger partial charge in [-0.1, -0.05) is 19.4 Å². The second-order valence-corrected chi connectivity index (χ2v) is 4.90. The molecule has 1 aromatic heterocycles. The Morgan fingerprint density at radius 2 is 2.38 bits per heavy atom. The van der Waals surface area contributed by atoms with E-state index in [4.69, 9.17) is 0 Å². The van der Waals surface area contributed by atoms with Gasteiger partial charge in [0.1, 0.15) is 0 Å².